The molecule has 0 aliphatic heterocycles. The van der Waals surface area contributed by atoms with Gasteiger partial charge in [-0.25, -0.2) is 4.98 Å². The minimum atomic E-state index is -0.752. The standard InChI is InChI=1S/C13H17N3O/c1-3-8-16-9-7-15-13(16)12(17)11-10(2)5-4-6-14-11/h4-7,9,12,17H,3,8H2,1-2H3. The molecule has 2 rings (SSSR count). The summed E-state index contributed by atoms with van der Waals surface area (Å²) in [5, 5.41) is 10.3. The normalized spacial score (nSPS) is 12.6. The zero-order chi connectivity index (χ0) is 12.3. The van der Waals surface area contributed by atoms with Crippen LogP contribution >= 0.6 is 0 Å². The summed E-state index contributed by atoms with van der Waals surface area (Å²) < 4.78 is 1.97. The van der Waals surface area contributed by atoms with Gasteiger partial charge in [-0.1, -0.05) is 13.0 Å². The number of hydrogen-bond donors (Lipinski definition) is 1. The second-order valence-corrected chi connectivity index (χ2v) is 4.09. The first-order valence-electron chi connectivity index (χ1n) is 5.84. The number of rotatable bonds is 4. The van der Waals surface area contributed by atoms with Crippen LogP contribution in [0.5, 0.6) is 0 Å². The molecule has 17 heavy (non-hydrogen) atoms. The monoisotopic (exact) mass is 231 g/mol. The zero-order valence-corrected chi connectivity index (χ0v) is 10.2. The van der Waals surface area contributed by atoms with Crippen LogP contribution in [0.15, 0.2) is 30.7 Å². The Morgan fingerprint density at radius 1 is 1.35 bits per heavy atom. The van der Waals surface area contributed by atoms with Gasteiger partial charge in [0.1, 0.15) is 5.82 Å². The fraction of sp³-hybridized carbons (Fsp3) is 0.385. The summed E-state index contributed by atoms with van der Waals surface area (Å²) in [4.78, 5) is 8.46. The lowest BCUT2D eigenvalue weighted by atomic mass is 10.1. The summed E-state index contributed by atoms with van der Waals surface area (Å²) in [7, 11) is 0. The first-order chi connectivity index (χ1) is 8.24. The van der Waals surface area contributed by atoms with Crippen molar-refractivity contribution >= 4 is 0 Å². The summed E-state index contributed by atoms with van der Waals surface area (Å²) in [5.74, 6) is 0.661. The van der Waals surface area contributed by atoms with Crippen LogP contribution in [-0.4, -0.2) is 19.6 Å². The third kappa shape index (κ3) is 2.36. The molecule has 0 fully saturated rings. The molecule has 0 saturated heterocycles. The van der Waals surface area contributed by atoms with Crippen molar-refractivity contribution in [2.75, 3.05) is 0 Å². The van der Waals surface area contributed by atoms with Crippen molar-refractivity contribution in [2.45, 2.75) is 32.9 Å². The SMILES string of the molecule is CCCn1ccnc1C(O)c1ncccc1C. The Balaban J connectivity index is 2.34. The van der Waals surface area contributed by atoms with Crippen LogP contribution in [-0.2, 0) is 6.54 Å². The molecule has 4 heteroatoms. The Morgan fingerprint density at radius 2 is 2.18 bits per heavy atom. The van der Waals surface area contributed by atoms with E-state index < -0.39 is 6.10 Å². The van der Waals surface area contributed by atoms with Gasteiger partial charge in [0.25, 0.3) is 0 Å². The molecule has 1 N–H and O–H groups in total. The average Bonchev–Trinajstić information content (AvgIpc) is 2.78. The van der Waals surface area contributed by atoms with Gasteiger partial charge < -0.3 is 9.67 Å². The molecule has 2 aromatic heterocycles. The topological polar surface area (TPSA) is 50.9 Å². The molecule has 2 heterocycles. The molecule has 1 atom stereocenters. The number of nitrogens with zero attached hydrogens (tertiary/aromatic N) is 3. The van der Waals surface area contributed by atoms with Crippen LogP contribution in [0.4, 0.5) is 0 Å². The summed E-state index contributed by atoms with van der Waals surface area (Å²) >= 11 is 0. The maximum absolute atomic E-state index is 10.3. The number of imidazole rings is 1. The second-order valence-electron chi connectivity index (χ2n) is 4.09. The third-order valence-electron chi connectivity index (χ3n) is 2.77. The maximum Gasteiger partial charge on any atom is 0.154 e. The molecule has 0 bridgehead atoms. The van der Waals surface area contributed by atoms with Crippen molar-refractivity contribution in [3.63, 3.8) is 0 Å². The summed E-state index contributed by atoms with van der Waals surface area (Å²) in [5.41, 5.74) is 1.65. The largest absolute Gasteiger partial charge is 0.379 e. The third-order valence-corrected chi connectivity index (χ3v) is 2.77. The van der Waals surface area contributed by atoms with Crippen molar-refractivity contribution in [1.29, 1.82) is 0 Å². The van der Waals surface area contributed by atoms with Crippen LogP contribution in [0.3, 0.4) is 0 Å². The molecule has 0 aromatic carbocycles. The van der Waals surface area contributed by atoms with Crippen molar-refractivity contribution < 1.29 is 5.11 Å². The van der Waals surface area contributed by atoms with E-state index in [1.54, 1.807) is 12.4 Å². The molecule has 4 nitrogen and oxygen atoms in total. The van der Waals surface area contributed by atoms with E-state index in [1.807, 2.05) is 29.8 Å². The molecule has 2 aromatic rings. The molecular weight excluding hydrogens is 214 g/mol. The summed E-state index contributed by atoms with van der Waals surface area (Å²) in [6, 6.07) is 3.81. The number of hydrogen-bond acceptors (Lipinski definition) is 3. The lowest BCUT2D eigenvalue weighted by Crippen LogP contribution is -2.12. The molecule has 0 aliphatic rings. The number of aryl methyl sites for hydroxylation is 2. The highest BCUT2D eigenvalue weighted by Crippen LogP contribution is 2.21. The van der Waals surface area contributed by atoms with E-state index in [1.165, 1.54) is 0 Å². The van der Waals surface area contributed by atoms with E-state index in [0.29, 0.717) is 11.5 Å². The van der Waals surface area contributed by atoms with Gasteiger partial charge in [0.05, 0.1) is 5.69 Å². The lowest BCUT2D eigenvalue weighted by molar-refractivity contribution is 0.198. The van der Waals surface area contributed by atoms with Gasteiger partial charge in [-0.2, -0.15) is 0 Å². The number of aliphatic hydroxyl groups is 1. The van der Waals surface area contributed by atoms with Crippen molar-refractivity contribution in [3.8, 4) is 0 Å². The quantitative estimate of drug-likeness (QED) is 0.876. The van der Waals surface area contributed by atoms with Gasteiger partial charge in [-0.15, -0.1) is 0 Å². The second kappa shape index (κ2) is 5.10. The molecule has 0 aliphatic carbocycles. The van der Waals surface area contributed by atoms with Gasteiger partial charge in [0.2, 0.25) is 0 Å². The van der Waals surface area contributed by atoms with Crippen molar-refractivity contribution in [1.82, 2.24) is 14.5 Å². The molecular formula is C13H17N3O. The maximum atomic E-state index is 10.3. The first-order valence-corrected chi connectivity index (χ1v) is 5.84. The molecule has 90 valence electrons. The Bertz CT molecular complexity index is 493. The van der Waals surface area contributed by atoms with Crippen LogP contribution in [0.1, 0.15) is 36.5 Å². The fourth-order valence-electron chi connectivity index (χ4n) is 1.90. The van der Waals surface area contributed by atoms with Gasteiger partial charge in [0.15, 0.2) is 6.10 Å². The highest BCUT2D eigenvalue weighted by molar-refractivity contribution is 5.24. The minimum Gasteiger partial charge on any atom is -0.379 e. The number of aromatic nitrogens is 3. The number of pyridine rings is 1. The lowest BCUT2D eigenvalue weighted by Gasteiger charge is -2.14. The predicted octanol–water partition coefficient (Wildman–Crippen LogP) is 2.08. The van der Waals surface area contributed by atoms with E-state index in [4.69, 9.17) is 0 Å². The summed E-state index contributed by atoms with van der Waals surface area (Å²) in [6.07, 6.45) is 5.56. The van der Waals surface area contributed by atoms with Crippen LogP contribution in [0, 0.1) is 6.92 Å². The Morgan fingerprint density at radius 3 is 2.88 bits per heavy atom. The minimum absolute atomic E-state index is 0.661. The highest BCUT2D eigenvalue weighted by atomic mass is 16.3. The van der Waals surface area contributed by atoms with Gasteiger partial charge in [0, 0.05) is 25.1 Å². The molecule has 0 saturated carbocycles. The van der Waals surface area contributed by atoms with E-state index in [9.17, 15) is 5.11 Å². The molecule has 0 radical (unpaired) electrons. The van der Waals surface area contributed by atoms with Gasteiger partial charge in [-0.3, -0.25) is 4.98 Å². The highest BCUT2D eigenvalue weighted by Gasteiger charge is 2.18. The van der Waals surface area contributed by atoms with E-state index in [2.05, 4.69) is 16.9 Å². The van der Waals surface area contributed by atoms with E-state index in [-0.39, 0.29) is 0 Å². The number of aliphatic hydroxyl groups excluding tert-OH is 1. The van der Waals surface area contributed by atoms with Gasteiger partial charge >= 0.3 is 0 Å². The van der Waals surface area contributed by atoms with E-state index in [0.717, 1.165) is 18.5 Å². The first kappa shape index (κ1) is 11.8. The Hall–Kier alpha value is -1.68. The van der Waals surface area contributed by atoms with E-state index >= 15 is 0 Å². The Labute approximate surface area is 101 Å². The Kier molecular flexibility index (Phi) is 3.54. The zero-order valence-electron chi connectivity index (χ0n) is 10.2. The molecule has 0 amide bonds. The smallest absolute Gasteiger partial charge is 0.154 e. The van der Waals surface area contributed by atoms with Crippen molar-refractivity contribution in [3.05, 3.63) is 47.8 Å². The van der Waals surface area contributed by atoms with Gasteiger partial charge in [-0.05, 0) is 25.0 Å². The van der Waals surface area contributed by atoms with Crippen LogP contribution in [0.25, 0.3) is 0 Å². The van der Waals surface area contributed by atoms with Crippen LogP contribution < -0.4 is 0 Å². The molecule has 1 unspecified atom stereocenters. The molecule has 0 spiro atoms. The summed E-state index contributed by atoms with van der Waals surface area (Å²) in [6.45, 7) is 4.90. The van der Waals surface area contributed by atoms with Crippen LogP contribution in [0.2, 0.25) is 0 Å². The predicted molar refractivity (Wildman–Crippen MR) is 65.6 cm³/mol. The average molecular weight is 231 g/mol. The fourth-order valence-corrected chi connectivity index (χ4v) is 1.90. The van der Waals surface area contributed by atoms with Crippen molar-refractivity contribution in [2.24, 2.45) is 0 Å².